The van der Waals surface area contributed by atoms with Crippen molar-refractivity contribution in [3.8, 4) is 0 Å². The average molecular weight is 326 g/mol. The molecule has 1 unspecified atom stereocenters. The van der Waals surface area contributed by atoms with Crippen LogP contribution in [0, 0.1) is 6.92 Å². The predicted molar refractivity (Wildman–Crippen MR) is 91.6 cm³/mol. The first-order chi connectivity index (χ1) is 9.97. The second kappa shape index (κ2) is 7.61. The number of rotatable bonds is 4. The number of carbonyl (C=O) groups excluding carboxylic acids is 2. The van der Waals surface area contributed by atoms with E-state index in [4.69, 9.17) is 0 Å². The molecule has 1 fully saturated rings. The molecular weight excluding hydrogens is 302 g/mol. The van der Waals surface area contributed by atoms with E-state index < -0.39 is 5.54 Å². The van der Waals surface area contributed by atoms with Gasteiger partial charge in [-0.1, -0.05) is 13.0 Å². The highest BCUT2D eigenvalue weighted by Gasteiger charge is 2.39. The maximum absolute atomic E-state index is 12.5. The van der Waals surface area contributed by atoms with E-state index in [1.54, 1.807) is 6.07 Å². The molecule has 0 aliphatic carbocycles. The molecule has 3 N–H and O–H groups in total. The molecule has 22 heavy (non-hydrogen) atoms. The van der Waals surface area contributed by atoms with Gasteiger partial charge in [0, 0.05) is 18.3 Å². The van der Waals surface area contributed by atoms with Gasteiger partial charge >= 0.3 is 0 Å². The Bertz CT molecular complexity index is 554. The minimum atomic E-state index is -0.459. The lowest BCUT2D eigenvalue weighted by Crippen LogP contribution is -2.50. The summed E-state index contributed by atoms with van der Waals surface area (Å²) in [5.74, 6) is -0.121. The molecule has 6 heteroatoms. The normalized spacial score (nSPS) is 20.1. The van der Waals surface area contributed by atoms with Crippen molar-refractivity contribution in [2.45, 2.75) is 45.6 Å². The van der Waals surface area contributed by atoms with Crippen molar-refractivity contribution in [3.05, 3.63) is 23.8 Å². The van der Waals surface area contributed by atoms with Crippen molar-refractivity contribution in [3.63, 3.8) is 0 Å². The van der Waals surface area contributed by atoms with E-state index in [-0.39, 0.29) is 24.2 Å². The molecule has 1 aliphatic heterocycles. The van der Waals surface area contributed by atoms with Gasteiger partial charge in [0.25, 0.3) is 0 Å². The fraction of sp³-hybridized carbons (Fsp3) is 0.500. The average Bonchev–Trinajstić information content (AvgIpc) is 2.92. The van der Waals surface area contributed by atoms with Crippen LogP contribution >= 0.6 is 12.4 Å². The predicted octanol–water partition coefficient (Wildman–Crippen LogP) is 2.85. The molecule has 1 saturated heterocycles. The van der Waals surface area contributed by atoms with Crippen molar-refractivity contribution in [2.24, 2.45) is 0 Å². The largest absolute Gasteiger partial charge is 0.326 e. The van der Waals surface area contributed by atoms with E-state index in [1.165, 1.54) is 6.92 Å². The van der Waals surface area contributed by atoms with Gasteiger partial charge in [-0.25, -0.2) is 0 Å². The topological polar surface area (TPSA) is 70.2 Å². The first-order valence-corrected chi connectivity index (χ1v) is 7.41. The van der Waals surface area contributed by atoms with Crippen molar-refractivity contribution >= 4 is 35.6 Å². The Morgan fingerprint density at radius 1 is 1.32 bits per heavy atom. The maximum Gasteiger partial charge on any atom is 0.244 e. The monoisotopic (exact) mass is 325 g/mol. The third-order valence-electron chi connectivity index (χ3n) is 4.09. The molecular formula is C16H24ClN3O2. The number of halogens is 1. The van der Waals surface area contributed by atoms with Gasteiger partial charge in [-0.3, -0.25) is 9.59 Å². The third-order valence-corrected chi connectivity index (χ3v) is 4.09. The van der Waals surface area contributed by atoms with Gasteiger partial charge in [-0.05, 0) is 50.4 Å². The Kier molecular flexibility index (Phi) is 6.38. The quantitative estimate of drug-likeness (QED) is 0.797. The van der Waals surface area contributed by atoms with Crippen LogP contribution in [0.4, 0.5) is 11.4 Å². The van der Waals surface area contributed by atoms with Crippen LogP contribution < -0.4 is 16.0 Å². The Labute approximate surface area is 137 Å². The Balaban J connectivity index is 0.00000242. The number of nitrogens with one attached hydrogen (secondary N) is 3. The number of amides is 2. The first kappa shape index (κ1) is 18.5. The van der Waals surface area contributed by atoms with Crippen molar-refractivity contribution in [2.75, 3.05) is 17.2 Å². The van der Waals surface area contributed by atoms with Gasteiger partial charge in [-0.2, -0.15) is 0 Å². The molecule has 0 aromatic heterocycles. The van der Waals surface area contributed by atoms with Gasteiger partial charge in [0.15, 0.2) is 0 Å². The first-order valence-electron chi connectivity index (χ1n) is 7.41. The van der Waals surface area contributed by atoms with Crippen molar-refractivity contribution < 1.29 is 9.59 Å². The Morgan fingerprint density at radius 3 is 2.59 bits per heavy atom. The summed E-state index contributed by atoms with van der Waals surface area (Å²) in [6, 6.07) is 5.55. The van der Waals surface area contributed by atoms with Crippen LogP contribution in [-0.2, 0) is 9.59 Å². The van der Waals surface area contributed by atoms with Crippen LogP contribution in [0.25, 0.3) is 0 Å². The Morgan fingerprint density at radius 2 is 2.05 bits per heavy atom. The smallest absolute Gasteiger partial charge is 0.244 e. The van der Waals surface area contributed by atoms with E-state index in [1.807, 2.05) is 26.0 Å². The molecule has 1 heterocycles. The zero-order valence-electron chi connectivity index (χ0n) is 13.3. The number of hydrogen-bond acceptors (Lipinski definition) is 3. The van der Waals surface area contributed by atoms with Gasteiger partial charge in [-0.15, -0.1) is 12.4 Å². The molecule has 0 spiro atoms. The van der Waals surface area contributed by atoms with Gasteiger partial charge in [0.1, 0.15) is 0 Å². The summed E-state index contributed by atoms with van der Waals surface area (Å²) >= 11 is 0. The van der Waals surface area contributed by atoms with E-state index in [0.717, 1.165) is 37.1 Å². The second-order valence-electron chi connectivity index (χ2n) is 5.63. The number of aryl methyl sites for hydroxylation is 1. The van der Waals surface area contributed by atoms with Gasteiger partial charge in [0.05, 0.1) is 5.54 Å². The van der Waals surface area contributed by atoms with Crippen LogP contribution in [0.3, 0.4) is 0 Å². The molecule has 5 nitrogen and oxygen atoms in total. The van der Waals surface area contributed by atoms with Crippen molar-refractivity contribution in [1.29, 1.82) is 0 Å². The van der Waals surface area contributed by atoms with Crippen molar-refractivity contribution in [1.82, 2.24) is 5.32 Å². The van der Waals surface area contributed by atoms with Crippen LogP contribution in [0.5, 0.6) is 0 Å². The molecule has 2 amide bonds. The standard InChI is InChI=1S/C16H23N3O2.ClH/c1-4-16(8-5-9-17-16)15(21)19-13-7-6-11(2)14(10-13)18-12(3)20;/h6-7,10,17H,4-5,8-9H2,1-3H3,(H,18,20)(H,19,21);1H. The van der Waals surface area contributed by atoms with Crippen LogP contribution in [0.2, 0.25) is 0 Å². The highest BCUT2D eigenvalue weighted by atomic mass is 35.5. The van der Waals surface area contributed by atoms with E-state index in [9.17, 15) is 9.59 Å². The van der Waals surface area contributed by atoms with Crippen LogP contribution in [-0.4, -0.2) is 23.9 Å². The SMILES string of the molecule is CCC1(C(=O)Nc2ccc(C)c(NC(C)=O)c2)CCCN1.Cl. The zero-order chi connectivity index (χ0) is 15.5. The molecule has 1 atom stereocenters. The molecule has 1 aliphatic rings. The van der Waals surface area contributed by atoms with Crippen LogP contribution in [0.1, 0.15) is 38.7 Å². The van der Waals surface area contributed by atoms with E-state index in [2.05, 4.69) is 16.0 Å². The third kappa shape index (κ3) is 3.99. The van der Waals surface area contributed by atoms with Gasteiger partial charge < -0.3 is 16.0 Å². The number of hydrogen-bond donors (Lipinski definition) is 3. The lowest BCUT2D eigenvalue weighted by atomic mass is 9.93. The number of benzene rings is 1. The molecule has 0 radical (unpaired) electrons. The fourth-order valence-electron chi connectivity index (χ4n) is 2.74. The lowest BCUT2D eigenvalue weighted by molar-refractivity contribution is -0.122. The molecule has 2 rings (SSSR count). The number of carbonyl (C=O) groups is 2. The molecule has 0 saturated carbocycles. The number of anilines is 2. The summed E-state index contributed by atoms with van der Waals surface area (Å²) in [5, 5.41) is 9.05. The minimum absolute atomic E-state index is 0. The summed E-state index contributed by atoms with van der Waals surface area (Å²) in [7, 11) is 0. The Hall–Kier alpha value is -1.59. The highest BCUT2D eigenvalue weighted by Crippen LogP contribution is 2.26. The fourth-order valence-corrected chi connectivity index (χ4v) is 2.74. The molecule has 122 valence electrons. The maximum atomic E-state index is 12.5. The van der Waals surface area contributed by atoms with E-state index in [0.29, 0.717) is 5.69 Å². The molecule has 1 aromatic carbocycles. The van der Waals surface area contributed by atoms with Gasteiger partial charge in [0.2, 0.25) is 11.8 Å². The second-order valence-corrected chi connectivity index (χ2v) is 5.63. The lowest BCUT2D eigenvalue weighted by Gasteiger charge is -2.26. The van der Waals surface area contributed by atoms with E-state index >= 15 is 0 Å². The molecule has 1 aromatic rings. The summed E-state index contributed by atoms with van der Waals surface area (Å²) in [6.07, 6.45) is 2.65. The summed E-state index contributed by atoms with van der Waals surface area (Å²) in [4.78, 5) is 23.7. The molecule has 0 bridgehead atoms. The summed E-state index contributed by atoms with van der Waals surface area (Å²) < 4.78 is 0. The summed E-state index contributed by atoms with van der Waals surface area (Å²) in [5.41, 5.74) is 1.94. The zero-order valence-corrected chi connectivity index (χ0v) is 14.1. The highest BCUT2D eigenvalue weighted by molar-refractivity contribution is 5.99. The minimum Gasteiger partial charge on any atom is -0.326 e. The van der Waals surface area contributed by atoms with Crippen LogP contribution in [0.15, 0.2) is 18.2 Å². The summed E-state index contributed by atoms with van der Waals surface area (Å²) in [6.45, 7) is 6.30.